The summed E-state index contributed by atoms with van der Waals surface area (Å²) in [6, 6.07) is 8.17. The van der Waals surface area contributed by atoms with Crippen molar-refractivity contribution in [2.45, 2.75) is 42.1 Å². The summed E-state index contributed by atoms with van der Waals surface area (Å²) in [6.07, 6.45) is -0.976. The average Bonchev–Trinajstić information content (AvgIpc) is 3.33. The van der Waals surface area contributed by atoms with Crippen molar-refractivity contribution >= 4 is 15.9 Å². The number of hydroxylamine groups is 1. The molecular formula is C20H20F2N2O7S. The lowest BCUT2D eigenvalue weighted by Crippen LogP contribution is -2.57. The second-order valence-electron chi connectivity index (χ2n) is 7.56. The number of hydrogen-bond donors (Lipinski definition) is 3. The SMILES string of the molecule is O=C(NO)C1(NS(=O)(=O)c2ccc(OCc3cc(F)ccc3F)cc2)C[C@@H]2OCO[C@@H]2C1. The first-order valence-electron chi connectivity index (χ1n) is 9.61. The quantitative estimate of drug-likeness (QED) is 0.415. The van der Waals surface area contributed by atoms with E-state index in [0.29, 0.717) is 0 Å². The smallest absolute Gasteiger partial charge is 0.264 e. The summed E-state index contributed by atoms with van der Waals surface area (Å²) in [5.74, 6) is -1.92. The van der Waals surface area contributed by atoms with Gasteiger partial charge in [-0.1, -0.05) is 0 Å². The number of nitrogens with one attached hydrogen (secondary N) is 2. The Labute approximate surface area is 182 Å². The van der Waals surface area contributed by atoms with Crippen molar-refractivity contribution in [3.05, 3.63) is 59.7 Å². The highest BCUT2D eigenvalue weighted by Crippen LogP contribution is 2.38. The Kier molecular flexibility index (Phi) is 6.14. The van der Waals surface area contributed by atoms with Crippen LogP contribution in [0.3, 0.4) is 0 Å². The number of carbonyl (C=O) groups excluding carboxylic acids is 1. The lowest BCUT2D eigenvalue weighted by molar-refractivity contribution is -0.136. The minimum atomic E-state index is -4.18. The van der Waals surface area contributed by atoms with Crippen LogP contribution in [0.25, 0.3) is 0 Å². The van der Waals surface area contributed by atoms with E-state index in [0.717, 1.165) is 18.2 Å². The minimum Gasteiger partial charge on any atom is -0.489 e. The van der Waals surface area contributed by atoms with E-state index >= 15 is 0 Å². The average molecular weight is 470 g/mol. The fourth-order valence-corrected chi connectivity index (χ4v) is 5.23. The third kappa shape index (κ3) is 4.45. The molecule has 1 amide bonds. The summed E-state index contributed by atoms with van der Waals surface area (Å²) in [5, 5.41) is 9.13. The Bertz CT molecular complexity index is 1100. The predicted molar refractivity (Wildman–Crippen MR) is 104 cm³/mol. The van der Waals surface area contributed by atoms with Gasteiger partial charge in [0.05, 0.1) is 17.1 Å². The van der Waals surface area contributed by atoms with Gasteiger partial charge in [0.1, 0.15) is 36.3 Å². The van der Waals surface area contributed by atoms with Crippen LogP contribution in [0.4, 0.5) is 8.78 Å². The van der Waals surface area contributed by atoms with Gasteiger partial charge in [-0.15, -0.1) is 0 Å². The monoisotopic (exact) mass is 470 g/mol. The van der Waals surface area contributed by atoms with Gasteiger partial charge >= 0.3 is 0 Å². The van der Waals surface area contributed by atoms with Crippen molar-refractivity contribution < 1.29 is 41.4 Å². The molecule has 4 rings (SSSR count). The molecule has 2 aromatic rings. The van der Waals surface area contributed by atoms with Crippen LogP contribution in [0.2, 0.25) is 0 Å². The highest BCUT2D eigenvalue weighted by Gasteiger charge is 2.55. The molecule has 1 saturated heterocycles. The number of amides is 1. The van der Waals surface area contributed by atoms with E-state index < -0.39 is 45.3 Å². The molecule has 3 atom stereocenters. The van der Waals surface area contributed by atoms with E-state index in [9.17, 15) is 22.0 Å². The number of hydrogen-bond acceptors (Lipinski definition) is 7. The molecule has 2 aliphatic rings. The minimum absolute atomic E-state index is 0.0102. The number of ether oxygens (including phenoxy) is 3. The Morgan fingerprint density at radius 3 is 2.41 bits per heavy atom. The van der Waals surface area contributed by atoms with Crippen molar-refractivity contribution in [3.63, 3.8) is 0 Å². The van der Waals surface area contributed by atoms with Crippen molar-refractivity contribution in [2.24, 2.45) is 0 Å². The van der Waals surface area contributed by atoms with Crippen LogP contribution in [-0.2, 0) is 30.9 Å². The lowest BCUT2D eigenvalue weighted by Gasteiger charge is -2.28. The van der Waals surface area contributed by atoms with Crippen molar-refractivity contribution in [2.75, 3.05) is 6.79 Å². The molecule has 2 fully saturated rings. The summed E-state index contributed by atoms with van der Waals surface area (Å²) in [7, 11) is -4.18. The molecule has 1 unspecified atom stereocenters. The first-order chi connectivity index (χ1) is 15.2. The zero-order chi connectivity index (χ0) is 22.9. The lowest BCUT2D eigenvalue weighted by atomic mass is 9.98. The summed E-state index contributed by atoms with van der Waals surface area (Å²) in [5.41, 5.74) is -0.128. The Morgan fingerprint density at radius 2 is 1.78 bits per heavy atom. The molecule has 0 spiro atoms. The number of carbonyl (C=O) groups is 1. The largest absolute Gasteiger partial charge is 0.489 e. The molecule has 172 valence electrons. The molecule has 32 heavy (non-hydrogen) atoms. The van der Waals surface area contributed by atoms with Crippen LogP contribution in [-0.4, -0.2) is 44.1 Å². The fourth-order valence-electron chi connectivity index (χ4n) is 3.85. The van der Waals surface area contributed by atoms with Gasteiger partial charge < -0.3 is 14.2 Å². The van der Waals surface area contributed by atoms with E-state index in [1.54, 1.807) is 0 Å². The van der Waals surface area contributed by atoms with E-state index in [1.165, 1.54) is 29.7 Å². The van der Waals surface area contributed by atoms with Crippen molar-refractivity contribution in [3.8, 4) is 5.75 Å². The number of benzene rings is 2. The molecule has 3 N–H and O–H groups in total. The van der Waals surface area contributed by atoms with Gasteiger partial charge in [-0.05, 0) is 42.5 Å². The zero-order valence-electron chi connectivity index (χ0n) is 16.6. The highest BCUT2D eigenvalue weighted by molar-refractivity contribution is 7.89. The first-order valence-corrected chi connectivity index (χ1v) is 11.1. The molecule has 2 aromatic carbocycles. The van der Waals surface area contributed by atoms with Gasteiger partial charge in [0, 0.05) is 18.4 Å². The fraction of sp³-hybridized carbons (Fsp3) is 0.350. The van der Waals surface area contributed by atoms with Gasteiger partial charge in [0.15, 0.2) is 0 Å². The van der Waals surface area contributed by atoms with Crippen LogP contribution >= 0.6 is 0 Å². The number of halogens is 2. The maximum absolute atomic E-state index is 13.7. The summed E-state index contributed by atoms with van der Waals surface area (Å²) in [4.78, 5) is 12.2. The summed E-state index contributed by atoms with van der Waals surface area (Å²) in [6.45, 7) is -0.198. The molecule has 1 aliphatic carbocycles. The van der Waals surface area contributed by atoms with Crippen LogP contribution in [0.15, 0.2) is 47.4 Å². The van der Waals surface area contributed by atoms with Gasteiger partial charge in [0.2, 0.25) is 10.0 Å². The topological polar surface area (TPSA) is 123 Å². The molecule has 12 heteroatoms. The number of sulfonamides is 1. The zero-order valence-corrected chi connectivity index (χ0v) is 17.4. The number of fused-ring (bicyclic) bond motifs is 1. The van der Waals surface area contributed by atoms with Crippen LogP contribution < -0.4 is 14.9 Å². The summed E-state index contributed by atoms with van der Waals surface area (Å²) >= 11 is 0. The molecule has 0 aromatic heterocycles. The van der Waals surface area contributed by atoms with Crippen molar-refractivity contribution in [1.82, 2.24) is 10.2 Å². The molecule has 0 bridgehead atoms. The Morgan fingerprint density at radius 1 is 1.12 bits per heavy atom. The van der Waals surface area contributed by atoms with E-state index in [4.69, 9.17) is 19.4 Å². The predicted octanol–water partition coefficient (Wildman–Crippen LogP) is 1.60. The van der Waals surface area contributed by atoms with Crippen molar-refractivity contribution in [1.29, 1.82) is 0 Å². The van der Waals surface area contributed by atoms with Crippen LogP contribution in [0, 0.1) is 11.6 Å². The molecule has 1 heterocycles. The normalized spacial score (nSPS) is 24.8. The highest BCUT2D eigenvalue weighted by atomic mass is 32.2. The Balaban J connectivity index is 1.47. The van der Waals surface area contributed by atoms with E-state index in [1.807, 2.05) is 0 Å². The third-order valence-corrected chi connectivity index (χ3v) is 7.03. The maximum Gasteiger partial charge on any atom is 0.264 e. The van der Waals surface area contributed by atoms with Crippen LogP contribution in [0.1, 0.15) is 18.4 Å². The van der Waals surface area contributed by atoms with E-state index in [2.05, 4.69) is 4.72 Å². The molecule has 9 nitrogen and oxygen atoms in total. The molecule has 1 saturated carbocycles. The second-order valence-corrected chi connectivity index (χ2v) is 9.24. The standard InChI is InChI=1S/C20H20F2N2O7S/c21-13-1-6-16(22)12(7-13)10-29-14-2-4-15(5-3-14)32(27,28)24-20(19(25)23-26)8-17-18(9-20)31-11-30-17/h1-7,17-18,24,26H,8-11H2,(H,23,25)/t17-,18+,20?. The summed E-state index contributed by atoms with van der Waals surface area (Å²) < 4.78 is 71.3. The second kappa shape index (κ2) is 8.71. The van der Waals surface area contributed by atoms with Gasteiger partial charge in [0.25, 0.3) is 5.91 Å². The maximum atomic E-state index is 13.7. The molecular weight excluding hydrogens is 450 g/mol. The third-order valence-electron chi connectivity index (χ3n) is 5.48. The number of rotatable bonds is 7. The van der Waals surface area contributed by atoms with Gasteiger partial charge in [-0.2, -0.15) is 4.72 Å². The van der Waals surface area contributed by atoms with E-state index in [-0.39, 0.29) is 42.4 Å². The van der Waals surface area contributed by atoms with Crippen LogP contribution in [0.5, 0.6) is 5.75 Å². The molecule has 1 aliphatic heterocycles. The Hall–Kier alpha value is -2.64. The van der Waals surface area contributed by atoms with Gasteiger partial charge in [-0.25, -0.2) is 22.7 Å². The molecule has 0 radical (unpaired) electrons. The first kappa shape index (κ1) is 22.6. The van der Waals surface area contributed by atoms with Gasteiger partial charge in [-0.3, -0.25) is 10.0 Å².